The van der Waals surface area contributed by atoms with Crippen molar-refractivity contribution in [1.29, 1.82) is 0 Å². The second-order valence-electron chi connectivity index (χ2n) is 7.00. The van der Waals surface area contributed by atoms with Crippen LogP contribution in [-0.2, 0) is 11.2 Å². The molecule has 0 saturated heterocycles. The third-order valence-corrected chi connectivity index (χ3v) is 5.20. The molecule has 0 saturated carbocycles. The molecule has 0 atom stereocenters. The highest BCUT2D eigenvalue weighted by Crippen LogP contribution is 2.38. The van der Waals surface area contributed by atoms with E-state index in [0.717, 1.165) is 30.5 Å². The molecule has 144 valence electrons. The number of nitrogens with zero attached hydrogens (tertiary/aromatic N) is 1. The van der Waals surface area contributed by atoms with Crippen LogP contribution in [0, 0.1) is 5.82 Å². The van der Waals surface area contributed by atoms with Gasteiger partial charge < -0.3 is 14.6 Å². The largest absolute Gasteiger partial charge is 0.455 e. The number of rotatable bonds is 2. The molecule has 2 heterocycles. The molecule has 3 aromatic rings. The Hall–Kier alpha value is -3.15. The fourth-order valence-electron chi connectivity index (χ4n) is 3.82. The molecule has 0 unspecified atom stereocenters. The van der Waals surface area contributed by atoms with Gasteiger partial charge in [0, 0.05) is 37.5 Å². The number of fused-ring (bicyclic) bond motifs is 2. The third-order valence-electron chi connectivity index (χ3n) is 5.20. The van der Waals surface area contributed by atoms with E-state index in [1.807, 2.05) is 12.1 Å². The van der Waals surface area contributed by atoms with Crippen LogP contribution in [0.5, 0.6) is 0 Å². The lowest BCUT2D eigenvalue weighted by molar-refractivity contribution is -0.116. The van der Waals surface area contributed by atoms with Crippen molar-refractivity contribution in [1.82, 2.24) is 5.32 Å². The first-order valence-corrected chi connectivity index (χ1v) is 9.35. The van der Waals surface area contributed by atoms with Crippen molar-refractivity contribution in [3.05, 3.63) is 53.3 Å². The van der Waals surface area contributed by atoms with Gasteiger partial charge in [-0.05, 0) is 55.2 Å². The number of anilines is 1. The SMILES string of the molecule is CNC(=O)c1c(-c2ccc(F)cc2)oc2cc3c(cc12)CCCCN3C(C)=O. The molecule has 28 heavy (non-hydrogen) atoms. The van der Waals surface area contributed by atoms with Crippen LogP contribution in [-0.4, -0.2) is 25.4 Å². The van der Waals surface area contributed by atoms with Crippen LogP contribution < -0.4 is 10.2 Å². The van der Waals surface area contributed by atoms with Gasteiger partial charge in [0.1, 0.15) is 17.2 Å². The quantitative estimate of drug-likeness (QED) is 0.721. The Balaban J connectivity index is 1.97. The van der Waals surface area contributed by atoms with Crippen molar-refractivity contribution in [3.63, 3.8) is 0 Å². The van der Waals surface area contributed by atoms with E-state index >= 15 is 0 Å². The zero-order chi connectivity index (χ0) is 19.8. The summed E-state index contributed by atoms with van der Waals surface area (Å²) in [6.45, 7) is 2.23. The molecule has 1 aromatic heterocycles. The van der Waals surface area contributed by atoms with Crippen LogP contribution in [0.3, 0.4) is 0 Å². The van der Waals surface area contributed by atoms with Crippen molar-refractivity contribution in [3.8, 4) is 11.3 Å². The minimum absolute atomic E-state index is 0.0145. The second-order valence-corrected chi connectivity index (χ2v) is 7.00. The topological polar surface area (TPSA) is 62.6 Å². The predicted octanol–water partition coefficient (Wildman–Crippen LogP) is 4.29. The van der Waals surface area contributed by atoms with Crippen LogP contribution in [0.15, 0.2) is 40.8 Å². The predicted molar refractivity (Wildman–Crippen MR) is 106 cm³/mol. The molecule has 2 aromatic carbocycles. The molecular weight excluding hydrogens is 359 g/mol. The van der Waals surface area contributed by atoms with Gasteiger partial charge in [0.2, 0.25) is 5.91 Å². The number of furan rings is 1. The second kappa shape index (κ2) is 7.11. The van der Waals surface area contributed by atoms with Gasteiger partial charge in [-0.15, -0.1) is 0 Å². The molecule has 1 N–H and O–H groups in total. The van der Waals surface area contributed by atoms with E-state index in [4.69, 9.17) is 4.42 Å². The molecule has 0 aliphatic carbocycles. The standard InChI is InChI=1S/C22H21FN2O3/c1-13(26)25-10-4-3-5-15-11-17-19(12-18(15)25)28-21(20(17)22(27)24-2)14-6-8-16(23)9-7-14/h6-9,11-12H,3-5,10H2,1-2H3,(H,24,27). The first-order chi connectivity index (χ1) is 13.5. The van der Waals surface area contributed by atoms with Crippen LogP contribution in [0.1, 0.15) is 35.7 Å². The Kier molecular flexibility index (Phi) is 4.63. The summed E-state index contributed by atoms with van der Waals surface area (Å²) in [5.74, 6) is -0.247. The lowest BCUT2D eigenvalue weighted by Gasteiger charge is -2.21. The van der Waals surface area contributed by atoms with Crippen LogP contribution >= 0.6 is 0 Å². The number of carbonyl (C=O) groups excluding carboxylic acids is 2. The highest BCUT2D eigenvalue weighted by Gasteiger charge is 2.26. The average Bonchev–Trinajstić information content (AvgIpc) is 2.91. The van der Waals surface area contributed by atoms with Gasteiger partial charge in [-0.3, -0.25) is 9.59 Å². The van der Waals surface area contributed by atoms with E-state index < -0.39 is 0 Å². The summed E-state index contributed by atoms with van der Waals surface area (Å²) >= 11 is 0. The van der Waals surface area contributed by atoms with Crippen LogP contribution in [0.2, 0.25) is 0 Å². The molecular formula is C22H21FN2O3. The monoisotopic (exact) mass is 380 g/mol. The average molecular weight is 380 g/mol. The Morgan fingerprint density at radius 1 is 1.14 bits per heavy atom. The van der Waals surface area contributed by atoms with Crippen molar-refractivity contribution < 1.29 is 18.4 Å². The molecule has 2 amide bonds. The summed E-state index contributed by atoms with van der Waals surface area (Å²) in [7, 11) is 1.57. The summed E-state index contributed by atoms with van der Waals surface area (Å²) in [5.41, 5.74) is 3.43. The van der Waals surface area contributed by atoms with Crippen LogP contribution in [0.4, 0.5) is 10.1 Å². The number of halogens is 1. The summed E-state index contributed by atoms with van der Waals surface area (Å²) < 4.78 is 19.4. The van der Waals surface area contributed by atoms with Gasteiger partial charge in [0.15, 0.2) is 0 Å². The smallest absolute Gasteiger partial charge is 0.255 e. The minimum atomic E-state index is -0.356. The van der Waals surface area contributed by atoms with E-state index in [1.165, 1.54) is 12.1 Å². The number of amides is 2. The maximum atomic E-state index is 13.3. The Morgan fingerprint density at radius 2 is 1.89 bits per heavy atom. The maximum absolute atomic E-state index is 13.3. The lowest BCUT2D eigenvalue weighted by Crippen LogP contribution is -2.29. The number of aryl methyl sites for hydroxylation is 1. The van der Waals surface area contributed by atoms with Crippen molar-refractivity contribution in [2.75, 3.05) is 18.5 Å². The summed E-state index contributed by atoms with van der Waals surface area (Å²) in [6, 6.07) is 9.65. The molecule has 4 rings (SSSR count). The number of nitrogens with one attached hydrogen (secondary N) is 1. The first-order valence-electron chi connectivity index (χ1n) is 9.35. The van der Waals surface area contributed by atoms with Gasteiger partial charge in [0.25, 0.3) is 5.91 Å². The van der Waals surface area contributed by atoms with Crippen molar-refractivity contribution in [2.45, 2.75) is 26.2 Å². The van der Waals surface area contributed by atoms with E-state index in [-0.39, 0.29) is 17.6 Å². The zero-order valence-electron chi connectivity index (χ0n) is 15.8. The molecule has 0 spiro atoms. The molecule has 1 aliphatic heterocycles. The number of hydrogen-bond donors (Lipinski definition) is 1. The number of hydrogen-bond acceptors (Lipinski definition) is 3. The number of carbonyl (C=O) groups is 2. The zero-order valence-corrected chi connectivity index (χ0v) is 15.8. The summed E-state index contributed by atoms with van der Waals surface area (Å²) in [5, 5.41) is 3.36. The molecule has 1 aliphatic rings. The first kappa shape index (κ1) is 18.2. The maximum Gasteiger partial charge on any atom is 0.255 e. The van der Waals surface area contributed by atoms with Gasteiger partial charge in [-0.1, -0.05) is 0 Å². The molecule has 0 fully saturated rings. The van der Waals surface area contributed by atoms with E-state index in [1.54, 1.807) is 31.0 Å². The van der Waals surface area contributed by atoms with E-state index in [9.17, 15) is 14.0 Å². The summed E-state index contributed by atoms with van der Waals surface area (Å²) in [6.07, 6.45) is 2.73. The van der Waals surface area contributed by atoms with Crippen LogP contribution in [0.25, 0.3) is 22.3 Å². The lowest BCUT2D eigenvalue weighted by atomic mass is 10.0. The van der Waals surface area contributed by atoms with Crippen molar-refractivity contribution in [2.24, 2.45) is 0 Å². The minimum Gasteiger partial charge on any atom is -0.455 e. The third kappa shape index (κ3) is 3.05. The molecule has 6 heteroatoms. The van der Waals surface area contributed by atoms with Gasteiger partial charge in [-0.2, -0.15) is 0 Å². The van der Waals surface area contributed by atoms with Crippen molar-refractivity contribution >= 4 is 28.5 Å². The Bertz CT molecular complexity index is 1070. The molecule has 5 nitrogen and oxygen atoms in total. The van der Waals surface area contributed by atoms with E-state index in [2.05, 4.69) is 5.32 Å². The Morgan fingerprint density at radius 3 is 2.57 bits per heavy atom. The molecule has 0 radical (unpaired) electrons. The van der Waals surface area contributed by atoms with Gasteiger partial charge >= 0.3 is 0 Å². The van der Waals surface area contributed by atoms with Gasteiger partial charge in [0.05, 0.1) is 11.3 Å². The highest BCUT2D eigenvalue weighted by molar-refractivity contribution is 6.12. The fourth-order valence-corrected chi connectivity index (χ4v) is 3.82. The fraction of sp³-hybridized carbons (Fsp3) is 0.273. The van der Waals surface area contributed by atoms with Gasteiger partial charge in [-0.25, -0.2) is 4.39 Å². The molecule has 0 bridgehead atoms. The number of benzene rings is 2. The normalized spacial score (nSPS) is 13.9. The summed E-state index contributed by atoms with van der Waals surface area (Å²) in [4.78, 5) is 26.5. The highest BCUT2D eigenvalue weighted by atomic mass is 19.1. The Labute approximate surface area is 162 Å². The van der Waals surface area contributed by atoms with E-state index in [0.29, 0.717) is 34.4 Å².